The van der Waals surface area contributed by atoms with Gasteiger partial charge in [-0.15, -0.1) is 0 Å². The predicted octanol–water partition coefficient (Wildman–Crippen LogP) is -0.161. The van der Waals surface area contributed by atoms with E-state index in [0.29, 0.717) is 19.6 Å². The van der Waals surface area contributed by atoms with Gasteiger partial charge < -0.3 is 10.4 Å². The first-order valence-corrected chi connectivity index (χ1v) is 4.97. The quantitative estimate of drug-likeness (QED) is 0.638. The molecule has 0 saturated carbocycles. The summed E-state index contributed by atoms with van der Waals surface area (Å²) in [6, 6.07) is 0. The van der Waals surface area contributed by atoms with E-state index in [1.807, 2.05) is 4.90 Å². The molecule has 0 radical (unpaired) electrons. The summed E-state index contributed by atoms with van der Waals surface area (Å²) in [7, 11) is 0. The molecule has 1 aliphatic rings. The van der Waals surface area contributed by atoms with Crippen molar-refractivity contribution in [1.29, 1.82) is 0 Å². The van der Waals surface area contributed by atoms with Crippen molar-refractivity contribution < 1.29 is 14.7 Å². The van der Waals surface area contributed by atoms with Gasteiger partial charge in [0.2, 0.25) is 5.91 Å². The molecule has 1 amide bonds. The van der Waals surface area contributed by atoms with Crippen molar-refractivity contribution in [3.63, 3.8) is 0 Å². The van der Waals surface area contributed by atoms with Crippen molar-refractivity contribution in [2.75, 3.05) is 26.2 Å². The minimum Gasteiger partial charge on any atom is -0.478 e. The van der Waals surface area contributed by atoms with E-state index >= 15 is 0 Å². The van der Waals surface area contributed by atoms with Gasteiger partial charge in [0.15, 0.2) is 0 Å². The monoisotopic (exact) mass is 212 g/mol. The van der Waals surface area contributed by atoms with Gasteiger partial charge in [-0.2, -0.15) is 0 Å². The Morgan fingerprint density at radius 2 is 2.40 bits per heavy atom. The average Bonchev–Trinajstić information content (AvgIpc) is 2.28. The van der Waals surface area contributed by atoms with Crippen LogP contribution in [0.1, 0.15) is 13.3 Å². The fraction of sp³-hybridized carbons (Fsp3) is 0.600. The van der Waals surface area contributed by atoms with Crippen LogP contribution in [0.3, 0.4) is 0 Å². The Balaban J connectivity index is 2.49. The number of carboxylic acids is 1. The van der Waals surface area contributed by atoms with Crippen LogP contribution in [0.15, 0.2) is 11.6 Å². The van der Waals surface area contributed by atoms with E-state index in [0.717, 1.165) is 18.5 Å². The number of aliphatic carboxylic acids is 1. The summed E-state index contributed by atoms with van der Waals surface area (Å²) in [6.07, 6.45) is 2.09. The third-order valence-electron chi connectivity index (χ3n) is 2.18. The molecule has 0 aliphatic carbocycles. The van der Waals surface area contributed by atoms with E-state index in [1.54, 1.807) is 6.92 Å². The Morgan fingerprint density at radius 1 is 1.67 bits per heavy atom. The third kappa shape index (κ3) is 4.60. The maximum absolute atomic E-state index is 11.2. The highest BCUT2D eigenvalue weighted by Crippen LogP contribution is 2.01. The van der Waals surface area contributed by atoms with Crippen molar-refractivity contribution in [3.8, 4) is 0 Å². The van der Waals surface area contributed by atoms with Crippen LogP contribution in [-0.2, 0) is 9.59 Å². The highest BCUT2D eigenvalue weighted by molar-refractivity contribution is 5.80. The van der Waals surface area contributed by atoms with Gasteiger partial charge in [0.05, 0.1) is 6.54 Å². The summed E-state index contributed by atoms with van der Waals surface area (Å²) in [5.41, 5.74) is 0.761. The minimum atomic E-state index is -0.938. The zero-order valence-corrected chi connectivity index (χ0v) is 8.82. The summed E-state index contributed by atoms with van der Waals surface area (Å²) in [5, 5.41) is 11.3. The van der Waals surface area contributed by atoms with E-state index < -0.39 is 5.97 Å². The van der Waals surface area contributed by atoms with Gasteiger partial charge in [-0.25, -0.2) is 4.79 Å². The molecule has 2 N–H and O–H groups in total. The van der Waals surface area contributed by atoms with Crippen LogP contribution in [0.2, 0.25) is 0 Å². The van der Waals surface area contributed by atoms with Crippen LogP contribution in [-0.4, -0.2) is 48.1 Å². The first-order chi connectivity index (χ1) is 7.08. The van der Waals surface area contributed by atoms with E-state index in [1.165, 1.54) is 6.08 Å². The van der Waals surface area contributed by atoms with Crippen molar-refractivity contribution in [3.05, 3.63) is 11.6 Å². The molecule has 1 fully saturated rings. The lowest BCUT2D eigenvalue weighted by Gasteiger charge is -2.18. The highest BCUT2D eigenvalue weighted by atomic mass is 16.4. The Morgan fingerprint density at radius 3 is 3.07 bits per heavy atom. The molecule has 0 aromatic carbocycles. The smallest absolute Gasteiger partial charge is 0.328 e. The van der Waals surface area contributed by atoms with E-state index in [-0.39, 0.29) is 5.91 Å². The molecule has 1 heterocycles. The molecular weight excluding hydrogens is 196 g/mol. The Kier molecular flexibility index (Phi) is 4.30. The minimum absolute atomic E-state index is 0.00984. The van der Waals surface area contributed by atoms with Gasteiger partial charge in [-0.3, -0.25) is 9.69 Å². The van der Waals surface area contributed by atoms with Gasteiger partial charge >= 0.3 is 5.97 Å². The molecule has 0 atom stereocenters. The second kappa shape index (κ2) is 5.50. The lowest BCUT2D eigenvalue weighted by atomic mass is 10.2. The number of carboxylic acid groups (broad SMARTS) is 1. The molecule has 1 rings (SSSR count). The van der Waals surface area contributed by atoms with Crippen LogP contribution >= 0.6 is 0 Å². The third-order valence-corrected chi connectivity index (χ3v) is 2.18. The molecule has 1 aliphatic heterocycles. The molecule has 0 spiro atoms. The molecule has 0 unspecified atom stereocenters. The summed E-state index contributed by atoms with van der Waals surface area (Å²) in [5.74, 6) is -0.928. The standard InChI is InChI=1S/C10H16N2O3/c1-8(5-10(14)15)6-12-4-2-3-11-9(13)7-12/h5H,2-4,6-7H2,1H3,(H,11,13)(H,14,15)/b8-5+. The van der Waals surface area contributed by atoms with E-state index in [4.69, 9.17) is 5.11 Å². The molecule has 0 aromatic rings. The number of rotatable bonds is 3. The molecule has 0 bridgehead atoms. The van der Waals surface area contributed by atoms with Gasteiger partial charge in [0.1, 0.15) is 0 Å². The van der Waals surface area contributed by atoms with Gasteiger partial charge in [0, 0.05) is 25.7 Å². The van der Waals surface area contributed by atoms with E-state index in [2.05, 4.69) is 5.32 Å². The predicted molar refractivity (Wildman–Crippen MR) is 55.5 cm³/mol. The van der Waals surface area contributed by atoms with Gasteiger partial charge in [-0.05, 0) is 13.3 Å². The number of carbonyl (C=O) groups excluding carboxylic acids is 1. The molecule has 1 saturated heterocycles. The maximum atomic E-state index is 11.2. The molecule has 0 aromatic heterocycles. The maximum Gasteiger partial charge on any atom is 0.328 e. The zero-order valence-electron chi connectivity index (χ0n) is 8.82. The molecule has 84 valence electrons. The van der Waals surface area contributed by atoms with Gasteiger partial charge in [0.25, 0.3) is 0 Å². The first-order valence-electron chi connectivity index (χ1n) is 4.97. The van der Waals surface area contributed by atoms with Gasteiger partial charge in [-0.1, -0.05) is 5.57 Å². The largest absolute Gasteiger partial charge is 0.478 e. The highest BCUT2D eigenvalue weighted by Gasteiger charge is 2.14. The van der Waals surface area contributed by atoms with Crippen LogP contribution in [0.25, 0.3) is 0 Å². The molecule has 15 heavy (non-hydrogen) atoms. The summed E-state index contributed by atoms with van der Waals surface area (Å²) in [6.45, 7) is 4.18. The second-order valence-corrected chi connectivity index (χ2v) is 3.74. The van der Waals surface area contributed by atoms with Crippen molar-refractivity contribution in [2.24, 2.45) is 0 Å². The number of hydrogen-bond acceptors (Lipinski definition) is 3. The zero-order chi connectivity index (χ0) is 11.3. The van der Waals surface area contributed by atoms with Crippen molar-refractivity contribution >= 4 is 11.9 Å². The lowest BCUT2D eigenvalue weighted by molar-refractivity contribution is -0.131. The van der Waals surface area contributed by atoms with Crippen LogP contribution in [0.4, 0.5) is 0 Å². The average molecular weight is 212 g/mol. The summed E-state index contributed by atoms with van der Waals surface area (Å²) in [4.78, 5) is 23.6. The van der Waals surface area contributed by atoms with Crippen molar-refractivity contribution in [1.82, 2.24) is 10.2 Å². The Hall–Kier alpha value is -1.36. The first kappa shape index (κ1) is 11.7. The number of carbonyl (C=O) groups is 2. The number of nitrogens with zero attached hydrogens (tertiary/aromatic N) is 1. The van der Waals surface area contributed by atoms with Crippen LogP contribution < -0.4 is 5.32 Å². The van der Waals surface area contributed by atoms with Crippen LogP contribution in [0, 0.1) is 0 Å². The number of amides is 1. The van der Waals surface area contributed by atoms with Crippen molar-refractivity contribution in [2.45, 2.75) is 13.3 Å². The second-order valence-electron chi connectivity index (χ2n) is 3.74. The fourth-order valence-corrected chi connectivity index (χ4v) is 1.61. The molecule has 5 heteroatoms. The fourth-order valence-electron chi connectivity index (χ4n) is 1.61. The number of hydrogen-bond donors (Lipinski definition) is 2. The Bertz CT molecular complexity index is 286. The topological polar surface area (TPSA) is 69.6 Å². The van der Waals surface area contributed by atoms with E-state index in [9.17, 15) is 9.59 Å². The summed E-state index contributed by atoms with van der Waals surface area (Å²) < 4.78 is 0. The normalized spacial score (nSPS) is 19.5. The van der Waals surface area contributed by atoms with Crippen LogP contribution in [0.5, 0.6) is 0 Å². The Labute approximate surface area is 88.8 Å². The molecular formula is C10H16N2O3. The molecule has 5 nitrogen and oxygen atoms in total. The SMILES string of the molecule is C/C(=C\C(=O)O)CN1CCCNC(=O)C1. The summed E-state index contributed by atoms with van der Waals surface area (Å²) >= 11 is 0. The number of nitrogens with one attached hydrogen (secondary N) is 1. The lowest BCUT2D eigenvalue weighted by Crippen LogP contribution is -2.34.